The summed E-state index contributed by atoms with van der Waals surface area (Å²) in [6.45, 7) is 0.411. The number of hydrogen-bond acceptors (Lipinski definition) is 7. The molecule has 4 aromatic rings. The third-order valence-corrected chi connectivity index (χ3v) is 6.52. The van der Waals surface area contributed by atoms with Crippen molar-refractivity contribution in [3.63, 3.8) is 0 Å². The Morgan fingerprint density at radius 1 is 1.29 bits per heavy atom. The molecule has 5 rings (SSSR count). The van der Waals surface area contributed by atoms with Gasteiger partial charge in [0.25, 0.3) is 0 Å². The summed E-state index contributed by atoms with van der Waals surface area (Å²) in [7, 11) is 3.79. The third kappa shape index (κ3) is 3.48. The number of carbonyl (C=O) groups excluding carboxylic acids is 2. The molecule has 1 fully saturated rings. The average Bonchev–Trinajstić information content (AvgIpc) is 3.50. The number of carbonyl (C=O) groups is 2. The number of nitrogens with one attached hydrogen (secondary N) is 3. The van der Waals surface area contributed by atoms with Gasteiger partial charge >= 0.3 is 0 Å². The van der Waals surface area contributed by atoms with Gasteiger partial charge in [-0.2, -0.15) is 0 Å². The van der Waals surface area contributed by atoms with E-state index >= 15 is 0 Å². The summed E-state index contributed by atoms with van der Waals surface area (Å²) in [6.07, 6.45) is 2.74. The number of hydrogen-bond donors (Lipinski definition) is 3. The molecular formula is C21H21N7O2S. The second kappa shape index (κ2) is 7.62. The summed E-state index contributed by atoms with van der Waals surface area (Å²) >= 11 is 1.59. The first-order chi connectivity index (χ1) is 15.0. The van der Waals surface area contributed by atoms with Gasteiger partial charge in [0.05, 0.1) is 11.8 Å². The van der Waals surface area contributed by atoms with E-state index in [9.17, 15) is 9.59 Å². The monoisotopic (exact) mass is 435 g/mol. The number of imidazole rings is 1. The molecule has 1 aliphatic rings. The van der Waals surface area contributed by atoms with Crippen LogP contribution in [0.25, 0.3) is 32.0 Å². The van der Waals surface area contributed by atoms with Crippen molar-refractivity contribution >= 4 is 50.3 Å². The van der Waals surface area contributed by atoms with E-state index < -0.39 is 6.04 Å². The van der Waals surface area contributed by atoms with Gasteiger partial charge in [0.2, 0.25) is 11.8 Å². The van der Waals surface area contributed by atoms with Crippen molar-refractivity contribution in [1.29, 1.82) is 0 Å². The summed E-state index contributed by atoms with van der Waals surface area (Å²) in [5.41, 5.74) is 4.50. The minimum atomic E-state index is -0.423. The van der Waals surface area contributed by atoms with E-state index in [1.54, 1.807) is 17.7 Å². The Balaban J connectivity index is 1.37. The number of rotatable bonds is 5. The van der Waals surface area contributed by atoms with Gasteiger partial charge in [-0.3, -0.25) is 9.59 Å². The Morgan fingerprint density at radius 3 is 2.81 bits per heavy atom. The molecule has 3 aromatic heterocycles. The number of pyridine rings is 1. The number of nitrogens with zero attached hydrogens (tertiary/aromatic N) is 4. The van der Waals surface area contributed by atoms with Gasteiger partial charge in [0.15, 0.2) is 11.5 Å². The lowest BCUT2D eigenvalue weighted by Crippen LogP contribution is -2.41. The maximum absolute atomic E-state index is 12.2. The van der Waals surface area contributed by atoms with Crippen molar-refractivity contribution in [2.75, 3.05) is 12.4 Å². The number of anilines is 1. The largest absolute Gasteiger partial charge is 0.371 e. The Bertz CT molecular complexity index is 1310. The summed E-state index contributed by atoms with van der Waals surface area (Å²) in [6, 6.07) is 7.52. The smallest absolute Gasteiger partial charge is 0.242 e. The van der Waals surface area contributed by atoms with E-state index in [-0.39, 0.29) is 11.8 Å². The quantitative estimate of drug-likeness (QED) is 0.443. The molecule has 0 aliphatic carbocycles. The number of aryl methyl sites for hydroxylation is 1. The molecule has 3 N–H and O–H groups in total. The van der Waals surface area contributed by atoms with Crippen LogP contribution in [0.2, 0.25) is 0 Å². The molecule has 1 atom stereocenters. The van der Waals surface area contributed by atoms with Crippen molar-refractivity contribution in [1.82, 2.24) is 30.2 Å². The molecule has 0 saturated carbocycles. The fraction of sp³-hybridized carbons (Fsp3) is 0.286. The molecule has 4 heterocycles. The first-order valence-electron chi connectivity index (χ1n) is 9.99. The van der Waals surface area contributed by atoms with Gasteiger partial charge in [-0.25, -0.2) is 15.0 Å². The van der Waals surface area contributed by atoms with E-state index in [4.69, 9.17) is 4.98 Å². The second-order valence-corrected chi connectivity index (χ2v) is 8.51. The minimum absolute atomic E-state index is 0.0694. The van der Waals surface area contributed by atoms with Crippen molar-refractivity contribution in [2.45, 2.75) is 25.4 Å². The molecule has 31 heavy (non-hydrogen) atoms. The van der Waals surface area contributed by atoms with Crippen molar-refractivity contribution in [3.05, 3.63) is 36.2 Å². The maximum atomic E-state index is 12.2. The highest BCUT2D eigenvalue weighted by atomic mass is 32.1. The van der Waals surface area contributed by atoms with Crippen molar-refractivity contribution < 1.29 is 9.59 Å². The van der Waals surface area contributed by atoms with Crippen LogP contribution in [0.3, 0.4) is 0 Å². The number of fused-ring (bicyclic) bond motifs is 3. The second-order valence-electron chi connectivity index (χ2n) is 7.51. The molecule has 9 nitrogen and oxygen atoms in total. The van der Waals surface area contributed by atoms with Crippen LogP contribution in [0.5, 0.6) is 0 Å². The molecule has 158 valence electrons. The lowest BCUT2D eigenvalue weighted by Gasteiger charge is -2.11. The summed E-state index contributed by atoms with van der Waals surface area (Å²) in [4.78, 5) is 37.3. The fourth-order valence-corrected chi connectivity index (χ4v) is 4.86. The first kappa shape index (κ1) is 19.4. The molecule has 1 aromatic carbocycles. The zero-order valence-corrected chi connectivity index (χ0v) is 17.9. The molecular weight excluding hydrogens is 414 g/mol. The van der Waals surface area contributed by atoms with E-state index in [0.29, 0.717) is 30.9 Å². The molecule has 0 spiro atoms. The van der Waals surface area contributed by atoms with Gasteiger partial charge in [-0.05, 0) is 12.0 Å². The molecule has 10 heteroatoms. The average molecular weight is 436 g/mol. The van der Waals surface area contributed by atoms with Gasteiger partial charge < -0.3 is 20.5 Å². The highest BCUT2D eigenvalue weighted by molar-refractivity contribution is 7.22. The highest BCUT2D eigenvalue weighted by Crippen LogP contribution is 2.35. The lowest BCUT2D eigenvalue weighted by atomic mass is 10.1. The third-order valence-electron chi connectivity index (χ3n) is 5.42. The summed E-state index contributed by atoms with van der Waals surface area (Å²) < 4.78 is 2.99. The van der Waals surface area contributed by atoms with E-state index in [1.165, 1.54) is 0 Å². The Morgan fingerprint density at radius 2 is 2.10 bits per heavy atom. The van der Waals surface area contributed by atoms with E-state index in [2.05, 4.69) is 25.9 Å². The fourth-order valence-electron chi connectivity index (χ4n) is 3.76. The van der Waals surface area contributed by atoms with Crippen LogP contribution in [0.15, 0.2) is 30.6 Å². The van der Waals surface area contributed by atoms with Gasteiger partial charge in [0, 0.05) is 32.6 Å². The van der Waals surface area contributed by atoms with Gasteiger partial charge in [-0.1, -0.05) is 24.3 Å². The summed E-state index contributed by atoms with van der Waals surface area (Å²) in [5, 5.41) is 9.54. The standard InChI is InChI=1S/C21H21N7O2S/c1-22-18-15-16(28(2)10-24-15)17-19(26-18)27-21(31-17)12-5-3-11(4-6-12)9-23-20(30)13-7-8-14(29)25-13/h3-6,10,13H,7-9H2,1-2H3,(H,22,26)(H,23,30)(H,25,29)/t13-/m0/s1. The van der Waals surface area contributed by atoms with Crippen LogP contribution in [0, 0.1) is 0 Å². The van der Waals surface area contributed by atoms with Crippen LogP contribution < -0.4 is 16.0 Å². The first-order valence-corrected chi connectivity index (χ1v) is 10.8. The summed E-state index contributed by atoms with van der Waals surface area (Å²) in [5.74, 6) is 0.497. The highest BCUT2D eigenvalue weighted by Gasteiger charge is 2.26. The van der Waals surface area contributed by atoms with Crippen LogP contribution in [0.4, 0.5) is 5.82 Å². The molecule has 0 bridgehead atoms. The Hall–Kier alpha value is -3.53. The zero-order valence-electron chi connectivity index (χ0n) is 17.1. The lowest BCUT2D eigenvalue weighted by molar-refractivity contribution is -0.125. The molecule has 1 aliphatic heterocycles. The predicted molar refractivity (Wildman–Crippen MR) is 120 cm³/mol. The molecule has 0 radical (unpaired) electrons. The van der Waals surface area contributed by atoms with Crippen LogP contribution in [-0.4, -0.2) is 44.4 Å². The van der Waals surface area contributed by atoms with Crippen molar-refractivity contribution in [2.24, 2.45) is 7.05 Å². The number of amides is 2. The minimum Gasteiger partial charge on any atom is -0.371 e. The maximum Gasteiger partial charge on any atom is 0.242 e. The molecule has 1 saturated heterocycles. The molecule has 2 amide bonds. The SMILES string of the molecule is CNc1nc2nc(-c3ccc(CNC(=O)[C@@H]4CCC(=O)N4)cc3)sc2c2c1ncn2C. The van der Waals surface area contributed by atoms with Gasteiger partial charge in [-0.15, -0.1) is 11.3 Å². The van der Waals surface area contributed by atoms with E-state index in [0.717, 1.165) is 31.9 Å². The van der Waals surface area contributed by atoms with E-state index in [1.807, 2.05) is 42.9 Å². The van der Waals surface area contributed by atoms with Crippen molar-refractivity contribution in [3.8, 4) is 10.6 Å². The van der Waals surface area contributed by atoms with Crippen LogP contribution in [-0.2, 0) is 23.2 Å². The normalized spacial score (nSPS) is 16.1. The van der Waals surface area contributed by atoms with Crippen LogP contribution >= 0.6 is 11.3 Å². The Labute approximate surface area is 181 Å². The number of benzene rings is 1. The zero-order chi connectivity index (χ0) is 21.5. The number of thiazole rings is 1. The Kier molecular flexibility index (Phi) is 4.78. The van der Waals surface area contributed by atoms with Gasteiger partial charge in [0.1, 0.15) is 21.3 Å². The topological polar surface area (TPSA) is 114 Å². The molecule has 0 unspecified atom stereocenters. The van der Waals surface area contributed by atoms with Crippen LogP contribution in [0.1, 0.15) is 18.4 Å². The number of aromatic nitrogens is 4. The predicted octanol–water partition coefficient (Wildman–Crippen LogP) is 2.18.